The first kappa shape index (κ1) is 13.2. The van der Waals surface area contributed by atoms with Crippen LogP contribution in [0.2, 0.25) is 0 Å². The number of hydrogen-bond acceptors (Lipinski definition) is 5. The lowest BCUT2D eigenvalue weighted by atomic mass is 10.0. The summed E-state index contributed by atoms with van der Waals surface area (Å²) >= 11 is 1.40. The molecular formula is C12H19N5S. The maximum Gasteiger partial charge on any atom is 0.110 e. The van der Waals surface area contributed by atoms with Gasteiger partial charge in [-0.25, -0.2) is 4.98 Å². The number of aryl methyl sites for hydroxylation is 1. The van der Waals surface area contributed by atoms with E-state index in [4.69, 9.17) is 5.73 Å². The maximum atomic E-state index is 6.27. The van der Waals surface area contributed by atoms with E-state index >= 15 is 0 Å². The molecule has 0 saturated carbocycles. The minimum Gasteiger partial charge on any atom is -0.335 e. The minimum absolute atomic E-state index is 0.0740. The van der Waals surface area contributed by atoms with Gasteiger partial charge in [0.2, 0.25) is 0 Å². The predicted molar refractivity (Wildman–Crippen MR) is 72.5 cm³/mol. The van der Waals surface area contributed by atoms with Crippen molar-refractivity contribution < 1.29 is 0 Å². The highest BCUT2D eigenvalue weighted by molar-refractivity contribution is 7.05. The van der Waals surface area contributed by atoms with Gasteiger partial charge in [-0.3, -0.25) is 0 Å². The minimum atomic E-state index is -0.0740. The Kier molecular flexibility index (Phi) is 4.08. The lowest BCUT2D eigenvalue weighted by Crippen LogP contribution is -2.17. The molecule has 0 bridgehead atoms. The molecule has 0 fully saturated rings. The van der Waals surface area contributed by atoms with Gasteiger partial charge in [0.15, 0.2) is 0 Å². The van der Waals surface area contributed by atoms with Gasteiger partial charge < -0.3 is 10.3 Å². The normalized spacial score (nSPS) is 13.2. The van der Waals surface area contributed by atoms with Crippen molar-refractivity contribution >= 4 is 11.5 Å². The van der Waals surface area contributed by atoms with E-state index in [2.05, 4.69) is 39.9 Å². The molecular weight excluding hydrogens is 246 g/mol. The van der Waals surface area contributed by atoms with Crippen molar-refractivity contribution in [3.63, 3.8) is 0 Å². The highest BCUT2D eigenvalue weighted by Gasteiger charge is 2.19. The molecule has 2 heterocycles. The number of rotatable bonds is 5. The monoisotopic (exact) mass is 265 g/mol. The van der Waals surface area contributed by atoms with E-state index in [9.17, 15) is 0 Å². The molecule has 2 N–H and O–H groups in total. The van der Waals surface area contributed by atoms with Crippen LogP contribution in [-0.4, -0.2) is 19.1 Å². The van der Waals surface area contributed by atoms with E-state index in [-0.39, 0.29) is 6.04 Å². The first-order valence-electron chi connectivity index (χ1n) is 6.21. The van der Waals surface area contributed by atoms with Crippen molar-refractivity contribution in [2.75, 3.05) is 0 Å². The Morgan fingerprint density at radius 1 is 1.44 bits per heavy atom. The summed E-state index contributed by atoms with van der Waals surface area (Å²) in [6, 6.07) is -0.0740. The van der Waals surface area contributed by atoms with Crippen LogP contribution in [0.5, 0.6) is 0 Å². The van der Waals surface area contributed by atoms with Crippen LogP contribution in [-0.2, 0) is 13.0 Å². The average molecular weight is 265 g/mol. The van der Waals surface area contributed by atoms with Gasteiger partial charge in [-0.05, 0) is 24.4 Å². The molecule has 0 radical (unpaired) electrons. The van der Waals surface area contributed by atoms with Crippen LogP contribution in [0.15, 0.2) is 12.4 Å². The molecule has 0 saturated heterocycles. The van der Waals surface area contributed by atoms with Crippen molar-refractivity contribution in [1.82, 2.24) is 19.1 Å². The lowest BCUT2D eigenvalue weighted by Gasteiger charge is -2.12. The second-order valence-corrected chi connectivity index (χ2v) is 5.40. The van der Waals surface area contributed by atoms with Gasteiger partial charge in [0, 0.05) is 31.4 Å². The fourth-order valence-corrected chi connectivity index (χ4v) is 2.77. The van der Waals surface area contributed by atoms with Crippen LogP contribution < -0.4 is 5.73 Å². The Hall–Kier alpha value is -1.27. The largest absolute Gasteiger partial charge is 0.335 e. The molecule has 18 heavy (non-hydrogen) atoms. The van der Waals surface area contributed by atoms with Crippen molar-refractivity contribution in [2.45, 2.75) is 45.7 Å². The molecule has 0 aliphatic heterocycles. The Morgan fingerprint density at radius 3 is 2.89 bits per heavy atom. The molecule has 2 rings (SSSR count). The lowest BCUT2D eigenvalue weighted by molar-refractivity contribution is 0.625. The summed E-state index contributed by atoms with van der Waals surface area (Å²) in [5, 5.41) is 4.17. The second kappa shape index (κ2) is 5.58. The Balaban J connectivity index is 2.17. The number of imidazole rings is 1. The average Bonchev–Trinajstić information content (AvgIpc) is 2.96. The van der Waals surface area contributed by atoms with Crippen LogP contribution in [0.25, 0.3) is 0 Å². The van der Waals surface area contributed by atoms with E-state index in [0.29, 0.717) is 5.92 Å². The number of nitrogens with two attached hydrogens (primary N) is 1. The third kappa shape index (κ3) is 2.59. The number of aromatic nitrogens is 4. The topological polar surface area (TPSA) is 69.6 Å². The summed E-state index contributed by atoms with van der Waals surface area (Å²) in [5.74, 6) is 1.38. The van der Waals surface area contributed by atoms with Gasteiger partial charge in [0.05, 0.1) is 10.6 Å². The fourth-order valence-electron chi connectivity index (χ4n) is 1.97. The first-order valence-corrected chi connectivity index (χ1v) is 6.98. The molecule has 0 spiro atoms. The van der Waals surface area contributed by atoms with Gasteiger partial charge in [0.1, 0.15) is 5.82 Å². The summed E-state index contributed by atoms with van der Waals surface area (Å²) in [7, 11) is 0. The first-order chi connectivity index (χ1) is 8.63. The van der Waals surface area contributed by atoms with Gasteiger partial charge >= 0.3 is 0 Å². The van der Waals surface area contributed by atoms with Crippen molar-refractivity contribution in [3.8, 4) is 0 Å². The predicted octanol–water partition coefficient (Wildman–Crippen LogP) is 2.12. The highest BCUT2D eigenvalue weighted by atomic mass is 32.1. The van der Waals surface area contributed by atoms with E-state index in [1.54, 1.807) is 0 Å². The molecule has 2 aromatic rings. The van der Waals surface area contributed by atoms with Gasteiger partial charge in [-0.2, -0.15) is 0 Å². The summed E-state index contributed by atoms with van der Waals surface area (Å²) in [5.41, 5.74) is 7.29. The summed E-state index contributed by atoms with van der Waals surface area (Å²) in [4.78, 5) is 5.44. The van der Waals surface area contributed by atoms with E-state index in [0.717, 1.165) is 29.4 Å². The number of nitrogens with zero attached hydrogens (tertiary/aromatic N) is 4. The zero-order valence-electron chi connectivity index (χ0n) is 11.0. The Morgan fingerprint density at radius 2 is 2.22 bits per heavy atom. The molecule has 0 aliphatic rings. The SMILES string of the molecule is CCn1ccnc1CC(N)c1snnc1C(C)C. The third-order valence-electron chi connectivity index (χ3n) is 2.97. The second-order valence-electron chi connectivity index (χ2n) is 4.62. The van der Waals surface area contributed by atoms with Crippen LogP contribution in [0, 0.1) is 0 Å². The molecule has 1 atom stereocenters. The van der Waals surface area contributed by atoms with Crippen molar-refractivity contribution in [3.05, 3.63) is 28.8 Å². The fraction of sp³-hybridized carbons (Fsp3) is 0.583. The molecule has 0 aliphatic carbocycles. The van der Waals surface area contributed by atoms with E-state index in [1.807, 2.05) is 12.4 Å². The quantitative estimate of drug-likeness (QED) is 0.899. The molecule has 0 aromatic carbocycles. The number of hydrogen-bond donors (Lipinski definition) is 1. The Bertz CT molecular complexity index is 502. The van der Waals surface area contributed by atoms with Crippen LogP contribution in [0.3, 0.4) is 0 Å². The van der Waals surface area contributed by atoms with Crippen LogP contribution in [0.4, 0.5) is 0 Å². The molecule has 6 heteroatoms. The molecule has 2 aromatic heterocycles. The maximum absolute atomic E-state index is 6.27. The zero-order valence-corrected chi connectivity index (χ0v) is 11.8. The summed E-state index contributed by atoms with van der Waals surface area (Å²) in [6.07, 6.45) is 4.53. The summed E-state index contributed by atoms with van der Waals surface area (Å²) in [6.45, 7) is 7.24. The van der Waals surface area contributed by atoms with Crippen molar-refractivity contribution in [1.29, 1.82) is 0 Å². The zero-order chi connectivity index (χ0) is 13.1. The smallest absolute Gasteiger partial charge is 0.110 e. The standard InChI is InChI=1S/C12H19N5S/c1-4-17-6-5-14-10(17)7-9(13)12-11(8(2)3)15-16-18-12/h5-6,8-9H,4,7,13H2,1-3H3. The van der Waals surface area contributed by atoms with Crippen molar-refractivity contribution in [2.24, 2.45) is 5.73 Å². The van der Waals surface area contributed by atoms with Crippen LogP contribution >= 0.6 is 11.5 Å². The van der Waals surface area contributed by atoms with Gasteiger partial charge in [-0.15, -0.1) is 5.10 Å². The summed E-state index contributed by atoms with van der Waals surface area (Å²) < 4.78 is 6.14. The molecule has 1 unspecified atom stereocenters. The van der Waals surface area contributed by atoms with Crippen LogP contribution in [0.1, 0.15) is 49.1 Å². The van der Waals surface area contributed by atoms with E-state index in [1.165, 1.54) is 11.5 Å². The highest BCUT2D eigenvalue weighted by Crippen LogP contribution is 2.26. The molecule has 98 valence electrons. The third-order valence-corrected chi connectivity index (χ3v) is 3.84. The Labute approximate surface area is 111 Å². The molecule has 5 nitrogen and oxygen atoms in total. The van der Waals surface area contributed by atoms with Gasteiger partial charge in [-0.1, -0.05) is 18.3 Å². The van der Waals surface area contributed by atoms with Gasteiger partial charge in [0.25, 0.3) is 0 Å². The molecule has 0 amide bonds. The van der Waals surface area contributed by atoms with E-state index < -0.39 is 0 Å².